The molecule has 2 rings (SSSR count). The Morgan fingerprint density at radius 2 is 2.19 bits per heavy atom. The molecule has 0 saturated carbocycles. The van der Waals surface area contributed by atoms with E-state index in [-0.39, 0.29) is 23.2 Å². The summed E-state index contributed by atoms with van der Waals surface area (Å²) in [7, 11) is 0. The Morgan fingerprint density at radius 1 is 1.48 bits per heavy atom. The molecule has 116 valence electrons. The number of esters is 1. The summed E-state index contributed by atoms with van der Waals surface area (Å²) in [5.74, 6) is -2.99. The number of carbonyl (C=O) groups is 1. The summed E-state index contributed by atoms with van der Waals surface area (Å²) < 4.78 is 36.4. The number of morpholine rings is 1. The van der Waals surface area contributed by atoms with Gasteiger partial charge in [0.15, 0.2) is 11.6 Å². The van der Waals surface area contributed by atoms with Crippen LogP contribution in [0.2, 0.25) is 5.02 Å². The number of carbonyl (C=O) groups excluding carboxylic acids is 1. The standard InChI is InChI=1S/C14H16ClF2NO3/c1-9-8-20-4-2-18(9)3-5-21-14(19)10-6-12(16)13(17)7-11(10)15/h6-7,9H,2-5,8H2,1H3/t9-/m1/s1. The third kappa shape index (κ3) is 4.12. The fourth-order valence-corrected chi connectivity index (χ4v) is 2.33. The predicted octanol–water partition coefficient (Wildman–Crippen LogP) is 2.50. The van der Waals surface area contributed by atoms with E-state index >= 15 is 0 Å². The van der Waals surface area contributed by atoms with Gasteiger partial charge in [-0.3, -0.25) is 4.90 Å². The first-order valence-corrected chi connectivity index (χ1v) is 7.00. The van der Waals surface area contributed by atoms with Crippen LogP contribution < -0.4 is 0 Å². The minimum Gasteiger partial charge on any atom is -0.461 e. The van der Waals surface area contributed by atoms with Crippen molar-refractivity contribution in [2.75, 3.05) is 32.9 Å². The van der Waals surface area contributed by atoms with Crippen molar-refractivity contribution in [2.45, 2.75) is 13.0 Å². The molecule has 0 aliphatic carbocycles. The molecule has 1 heterocycles. The molecule has 4 nitrogen and oxygen atoms in total. The lowest BCUT2D eigenvalue weighted by Crippen LogP contribution is -2.45. The summed E-state index contributed by atoms with van der Waals surface area (Å²) in [6.45, 7) is 4.78. The summed E-state index contributed by atoms with van der Waals surface area (Å²) in [6, 6.07) is 1.76. The Bertz CT molecular complexity index is 527. The molecule has 1 aliphatic rings. The van der Waals surface area contributed by atoms with Gasteiger partial charge >= 0.3 is 5.97 Å². The van der Waals surface area contributed by atoms with Gasteiger partial charge in [-0.2, -0.15) is 0 Å². The number of halogens is 3. The van der Waals surface area contributed by atoms with Crippen molar-refractivity contribution in [2.24, 2.45) is 0 Å². The van der Waals surface area contributed by atoms with Gasteiger partial charge in [-0.1, -0.05) is 11.6 Å². The molecule has 0 unspecified atom stereocenters. The van der Waals surface area contributed by atoms with Crippen LogP contribution in [0.4, 0.5) is 8.78 Å². The zero-order valence-corrected chi connectivity index (χ0v) is 12.3. The van der Waals surface area contributed by atoms with Crippen molar-refractivity contribution in [1.29, 1.82) is 0 Å². The van der Waals surface area contributed by atoms with Crippen LogP contribution in [0.5, 0.6) is 0 Å². The molecule has 0 amide bonds. The number of benzene rings is 1. The molecule has 1 atom stereocenters. The van der Waals surface area contributed by atoms with Crippen LogP contribution in [-0.2, 0) is 9.47 Å². The zero-order chi connectivity index (χ0) is 15.4. The number of rotatable bonds is 4. The molecular formula is C14H16ClF2NO3. The number of nitrogens with zero attached hydrogens (tertiary/aromatic N) is 1. The van der Waals surface area contributed by atoms with Crippen molar-refractivity contribution < 1.29 is 23.0 Å². The Hall–Kier alpha value is -1.24. The van der Waals surface area contributed by atoms with Crippen molar-refractivity contribution in [3.63, 3.8) is 0 Å². The van der Waals surface area contributed by atoms with E-state index in [0.29, 0.717) is 19.8 Å². The lowest BCUT2D eigenvalue weighted by molar-refractivity contribution is -0.0111. The summed E-state index contributed by atoms with van der Waals surface area (Å²) in [5, 5.41) is -0.168. The predicted molar refractivity (Wildman–Crippen MR) is 73.5 cm³/mol. The highest BCUT2D eigenvalue weighted by Gasteiger charge is 2.20. The van der Waals surface area contributed by atoms with E-state index < -0.39 is 17.6 Å². The zero-order valence-electron chi connectivity index (χ0n) is 11.6. The highest BCUT2D eigenvalue weighted by molar-refractivity contribution is 6.33. The van der Waals surface area contributed by atoms with Gasteiger partial charge in [0, 0.05) is 19.1 Å². The fraction of sp³-hybridized carbons (Fsp3) is 0.500. The second-order valence-corrected chi connectivity index (χ2v) is 5.25. The van der Waals surface area contributed by atoms with Gasteiger partial charge in [-0.05, 0) is 19.1 Å². The lowest BCUT2D eigenvalue weighted by Gasteiger charge is -2.32. The first kappa shape index (κ1) is 16.1. The van der Waals surface area contributed by atoms with Gasteiger partial charge in [0.2, 0.25) is 0 Å². The lowest BCUT2D eigenvalue weighted by atomic mass is 10.2. The van der Waals surface area contributed by atoms with E-state index in [9.17, 15) is 13.6 Å². The van der Waals surface area contributed by atoms with E-state index in [1.165, 1.54) is 0 Å². The summed E-state index contributed by atoms with van der Waals surface area (Å²) in [4.78, 5) is 13.9. The van der Waals surface area contributed by atoms with Crippen molar-refractivity contribution in [3.05, 3.63) is 34.4 Å². The number of hydrogen-bond donors (Lipinski definition) is 0. The highest BCUT2D eigenvalue weighted by Crippen LogP contribution is 2.20. The van der Waals surface area contributed by atoms with Crippen LogP contribution in [0, 0.1) is 11.6 Å². The number of hydrogen-bond acceptors (Lipinski definition) is 4. The highest BCUT2D eigenvalue weighted by atomic mass is 35.5. The first-order valence-electron chi connectivity index (χ1n) is 6.62. The molecule has 0 radical (unpaired) electrons. The fourth-order valence-electron chi connectivity index (χ4n) is 2.11. The molecular weight excluding hydrogens is 304 g/mol. The molecule has 1 saturated heterocycles. The molecule has 1 aromatic rings. The maximum absolute atomic E-state index is 13.1. The van der Waals surface area contributed by atoms with Gasteiger partial charge in [0.1, 0.15) is 6.61 Å². The molecule has 1 aliphatic heterocycles. The second-order valence-electron chi connectivity index (χ2n) is 4.84. The first-order chi connectivity index (χ1) is 9.99. The molecule has 1 fully saturated rings. The van der Waals surface area contributed by atoms with Crippen LogP contribution in [-0.4, -0.2) is 49.8 Å². The smallest absolute Gasteiger partial charge is 0.339 e. The van der Waals surface area contributed by atoms with Crippen LogP contribution >= 0.6 is 11.6 Å². The Morgan fingerprint density at radius 3 is 2.90 bits per heavy atom. The van der Waals surface area contributed by atoms with E-state index in [1.807, 2.05) is 6.92 Å². The van der Waals surface area contributed by atoms with Gasteiger partial charge in [0.25, 0.3) is 0 Å². The minimum absolute atomic E-state index is 0.151. The van der Waals surface area contributed by atoms with Crippen LogP contribution in [0.15, 0.2) is 12.1 Å². The SMILES string of the molecule is C[C@@H]1COCCN1CCOC(=O)c1cc(F)c(F)cc1Cl. The van der Waals surface area contributed by atoms with Gasteiger partial charge in [0.05, 0.1) is 23.8 Å². The Balaban J connectivity index is 1.88. The normalized spacial score (nSPS) is 19.5. The largest absolute Gasteiger partial charge is 0.461 e. The third-order valence-corrected chi connectivity index (χ3v) is 3.66. The quantitative estimate of drug-likeness (QED) is 0.631. The Labute approximate surface area is 126 Å². The molecule has 0 N–H and O–H groups in total. The Kier molecular flexibility index (Phi) is 5.50. The molecule has 7 heteroatoms. The average molecular weight is 320 g/mol. The maximum Gasteiger partial charge on any atom is 0.339 e. The van der Waals surface area contributed by atoms with Crippen LogP contribution in [0.1, 0.15) is 17.3 Å². The molecule has 0 aromatic heterocycles. The van der Waals surface area contributed by atoms with Gasteiger partial charge < -0.3 is 9.47 Å². The molecule has 0 bridgehead atoms. The van der Waals surface area contributed by atoms with E-state index in [1.54, 1.807) is 0 Å². The van der Waals surface area contributed by atoms with Crippen molar-refractivity contribution >= 4 is 17.6 Å². The number of ether oxygens (including phenoxy) is 2. The average Bonchev–Trinajstić information content (AvgIpc) is 2.44. The molecule has 1 aromatic carbocycles. The third-order valence-electron chi connectivity index (χ3n) is 3.35. The van der Waals surface area contributed by atoms with Crippen LogP contribution in [0.3, 0.4) is 0 Å². The van der Waals surface area contributed by atoms with E-state index in [0.717, 1.165) is 18.7 Å². The topological polar surface area (TPSA) is 38.8 Å². The minimum atomic E-state index is -1.13. The van der Waals surface area contributed by atoms with Gasteiger partial charge in [-0.25, -0.2) is 13.6 Å². The van der Waals surface area contributed by atoms with Crippen molar-refractivity contribution in [1.82, 2.24) is 4.90 Å². The van der Waals surface area contributed by atoms with Crippen LogP contribution in [0.25, 0.3) is 0 Å². The van der Waals surface area contributed by atoms with E-state index in [2.05, 4.69) is 4.90 Å². The molecule has 0 spiro atoms. The monoisotopic (exact) mass is 319 g/mol. The van der Waals surface area contributed by atoms with Crippen molar-refractivity contribution in [3.8, 4) is 0 Å². The van der Waals surface area contributed by atoms with Gasteiger partial charge in [-0.15, -0.1) is 0 Å². The maximum atomic E-state index is 13.1. The van der Waals surface area contributed by atoms with E-state index in [4.69, 9.17) is 21.1 Å². The molecule has 21 heavy (non-hydrogen) atoms. The second kappa shape index (κ2) is 7.15. The summed E-state index contributed by atoms with van der Waals surface area (Å²) >= 11 is 5.71. The summed E-state index contributed by atoms with van der Waals surface area (Å²) in [6.07, 6.45) is 0. The summed E-state index contributed by atoms with van der Waals surface area (Å²) in [5.41, 5.74) is -0.175.